The summed E-state index contributed by atoms with van der Waals surface area (Å²) in [6.45, 7) is 0. The van der Waals surface area contributed by atoms with Gasteiger partial charge in [-0.25, -0.2) is 13.2 Å². The quantitative estimate of drug-likeness (QED) is 0.500. The molecule has 0 nitrogen and oxygen atoms in total. The summed E-state index contributed by atoms with van der Waals surface area (Å²) in [4.78, 5) is 0. The van der Waals surface area contributed by atoms with Crippen LogP contribution in [0.4, 0.5) is 13.2 Å². The van der Waals surface area contributed by atoms with Gasteiger partial charge in [-0.1, -0.05) is 0 Å². The Balaban J connectivity index is 3.31. The van der Waals surface area contributed by atoms with Gasteiger partial charge in [0.1, 0.15) is 24.6 Å². The summed E-state index contributed by atoms with van der Waals surface area (Å²) >= 11 is 0. The molecule has 54 valence electrons. The van der Waals surface area contributed by atoms with Gasteiger partial charge >= 0.3 is 0 Å². The maximum absolute atomic E-state index is 12.5. The minimum absolute atomic E-state index is 0.445. The average Bonchev–Trinajstić information content (AvgIpc) is 1.82. The number of rotatable bonds is 0. The Bertz CT molecular complexity index is 238. The topological polar surface area (TPSA) is 0 Å². The van der Waals surface area contributed by atoms with E-state index in [1.807, 2.05) is 0 Å². The Morgan fingerprint density at radius 2 is 1.50 bits per heavy atom. The van der Waals surface area contributed by atoms with Crippen LogP contribution in [-0.4, -0.2) is 17.7 Å². The fourth-order valence-corrected chi connectivity index (χ4v) is 2.42. The van der Waals surface area contributed by atoms with Gasteiger partial charge in [0.05, 0.1) is 0 Å². The highest BCUT2D eigenvalue weighted by molar-refractivity contribution is 6.97. The molecule has 0 atom stereocenters. The Kier molecular flexibility index (Phi) is 2.05. The summed E-state index contributed by atoms with van der Waals surface area (Å²) in [5, 5.41) is 0. The van der Waals surface area contributed by atoms with Gasteiger partial charge in [0.15, 0.2) is 0 Å². The van der Waals surface area contributed by atoms with E-state index in [1.54, 1.807) is 0 Å². The number of hydrogen-bond donors (Lipinski definition) is 0. The first-order valence-electron chi connectivity index (χ1n) is 2.72. The summed E-state index contributed by atoms with van der Waals surface area (Å²) in [6, 6.07) is 1.54. The van der Waals surface area contributed by atoms with Crippen LogP contribution in [0.3, 0.4) is 0 Å². The molecule has 1 aromatic heterocycles. The molecule has 1 heterocycles. The van der Waals surface area contributed by atoms with E-state index in [4.69, 9.17) is 0 Å². The molecule has 0 aliphatic rings. The van der Waals surface area contributed by atoms with E-state index in [0.717, 1.165) is 12.1 Å². The van der Waals surface area contributed by atoms with Crippen LogP contribution in [0.25, 0.3) is 0 Å². The van der Waals surface area contributed by atoms with Crippen LogP contribution in [0.5, 0.6) is 0 Å². The number of hydrogen-bond acceptors (Lipinski definition) is 0. The van der Waals surface area contributed by atoms with Gasteiger partial charge in [-0.3, -0.25) is 0 Å². The molecule has 10 heavy (non-hydrogen) atoms. The Morgan fingerprint density at radius 1 is 1.10 bits per heavy atom. The molecule has 1 aromatic rings. The van der Waals surface area contributed by atoms with Crippen molar-refractivity contribution in [1.82, 2.24) is 0 Å². The van der Waals surface area contributed by atoms with Crippen LogP contribution < -0.4 is 0 Å². The predicted molar refractivity (Wildman–Crippen MR) is 37.6 cm³/mol. The molecule has 0 amide bonds. The van der Waals surface area contributed by atoms with Crippen molar-refractivity contribution < 1.29 is 13.2 Å². The van der Waals surface area contributed by atoms with Crippen LogP contribution in [0, 0.1) is 16.7 Å². The van der Waals surface area contributed by atoms with E-state index in [1.165, 1.54) is 0 Å². The zero-order chi connectivity index (χ0) is 7.72. The maximum Gasteiger partial charge on any atom is 0.128 e. The molecule has 0 bridgehead atoms. The largest absolute Gasteiger partial charge is 0.213 e. The van der Waals surface area contributed by atoms with E-state index in [0.29, 0.717) is 9.76 Å². The summed E-state index contributed by atoms with van der Waals surface area (Å²) < 4.78 is 37.1. The summed E-state index contributed by atoms with van der Waals surface area (Å²) in [5.41, 5.74) is -1.21. The van der Waals surface area contributed by atoms with Gasteiger partial charge in [-0.05, 0) is 0 Å². The molecule has 1 rings (SSSR count). The smallest absolute Gasteiger partial charge is 0.128 e. The third-order valence-corrected chi connectivity index (χ3v) is 5.83. The Morgan fingerprint density at radius 3 is 1.90 bits per heavy atom. The van der Waals surface area contributed by atoms with Gasteiger partial charge in [0.2, 0.25) is 0 Å². The molecule has 0 saturated heterocycles. The fourth-order valence-electron chi connectivity index (χ4n) is 0.614. The third-order valence-electron chi connectivity index (χ3n) is 1.25. The normalized spacial score (nSPS) is 10.3. The summed E-state index contributed by atoms with van der Waals surface area (Å²) in [5.74, 6) is -0.820. The van der Waals surface area contributed by atoms with Crippen LogP contribution >= 0.6 is 0 Å². The molecule has 0 radical (unpaired) electrons. The molecule has 0 aliphatic carbocycles. The first kappa shape index (κ1) is 7.68. The average molecular weight is 178 g/mol. The summed E-state index contributed by atoms with van der Waals surface area (Å²) in [7, 11) is -1.27. The van der Waals surface area contributed by atoms with Crippen LogP contribution in [0.15, 0.2) is 12.1 Å². The molecule has 0 unspecified atom stereocenters. The minimum atomic E-state index is -1.71. The molecular weight excluding hydrogens is 173 g/mol. The molecule has 5 heteroatoms. The van der Waals surface area contributed by atoms with Gasteiger partial charge in [0, 0.05) is 21.9 Å². The molecule has 0 aromatic carbocycles. The second-order valence-corrected chi connectivity index (χ2v) is 7.20. The second-order valence-electron chi connectivity index (χ2n) is 1.99. The van der Waals surface area contributed by atoms with Crippen molar-refractivity contribution in [2.75, 3.05) is 0 Å². The van der Waals surface area contributed by atoms with Crippen molar-refractivity contribution in [3.8, 4) is 0 Å². The van der Waals surface area contributed by atoms with Gasteiger partial charge in [-0.15, -0.1) is 0 Å². The van der Waals surface area contributed by atoms with Crippen LogP contribution in [-0.2, 0) is 0 Å². The zero-order valence-electron chi connectivity index (χ0n) is 5.29. The highest BCUT2D eigenvalue weighted by Crippen LogP contribution is 2.03. The lowest BCUT2D eigenvalue weighted by Gasteiger charge is -1.95. The van der Waals surface area contributed by atoms with E-state index < -0.39 is 24.6 Å². The van der Waals surface area contributed by atoms with Gasteiger partial charge in [-0.2, -0.15) is 0 Å². The number of halogens is 3. The SMILES string of the molecule is Fc1cc(F)[si]([SiH3])c(F)c1. The fraction of sp³-hybridized carbons (Fsp3) is 0. The van der Waals surface area contributed by atoms with Crippen LogP contribution in [0.2, 0.25) is 0 Å². The highest BCUT2D eigenvalue weighted by Gasteiger charge is 2.05. The molecule has 0 N–H and O–H groups in total. The van der Waals surface area contributed by atoms with Crippen molar-refractivity contribution >= 4 is 17.7 Å². The maximum atomic E-state index is 12.5. The van der Waals surface area contributed by atoms with E-state index in [2.05, 4.69) is 0 Å². The lowest BCUT2D eigenvalue weighted by Crippen LogP contribution is -2.07. The minimum Gasteiger partial charge on any atom is -0.213 e. The third kappa shape index (κ3) is 1.35. The monoisotopic (exact) mass is 178 g/mol. The van der Waals surface area contributed by atoms with E-state index >= 15 is 0 Å². The lowest BCUT2D eigenvalue weighted by atomic mass is 10.5. The van der Waals surface area contributed by atoms with Crippen molar-refractivity contribution in [1.29, 1.82) is 0 Å². The lowest BCUT2D eigenvalue weighted by molar-refractivity contribution is 0.570. The molecule has 0 spiro atoms. The Hall–Kier alpha value is -0.426. The van der Waals surface area contributed by atoms with Gasteiger partial charge < -0.3 is 0 Å². The molecule has 0 saturated carbocycles. The van der Waals surface area contributed by atoms with Gasteiger partial charge in [0.25, 0.3) is 0 Å². The Labute approximate surface area is 60.4 Å². The highest BCUT2D eigenvalue weighted by atomic mass is 29.1. The van der Waals surface area contributed by atoms with Crippen molar-refractivity contribution in [2.24, 2.45) is 0 Å². The van der Waals surface area contributed by atoms with Crippen molar-refractivity contribution in [2.45, 2.75) is 0 Å². The van der Waals surface area contributed by atoms with Crippen molar-refractivity contribution in [3.05, 3.63) is 28.8 Å². The molecular formula is C5H5F3Si2. The first-order valence-corrected chi connectivity index (χ1v) is 7.72. The first-order chi connectivity index (χ1) is 4.61. The van der Waals surface area contributed by atoms with E-state index in [9.17, 15) is 13.2 Å². The van der Waals surface area contributed by atoms with E-state index in [-0.39, 0.29) is 0 Å². The molecule has 0 aliphatic heterocycles. The molecule has 0 fully saturated rings. The van der Waals surface area contributed by atoms with Crippen molar-refractivity contribution in [3.63, 3.8) is 0 Å². The second kappa shape index (κ2) is 2.67. The zero-order valence-corrected chi connectivity index (χ0v) is 8.29. The van der Waals surface area contributed by atoms with Crippen LogP contribution in [0.1, 0.15) is 0 Å². The standard InChI is InChI=1S/C5H5F3Si2/c6-3-1-4(7)10(9)5(8)2-3/h1-2H,9H3. The predicted octanol–water partition coefficient (Wildman–Crippen LogP) is 0.258. The summed E-state index contributed by atoms with van der Waals surface area (Å²) in [6.07, 6.45) is 0.